The minimum absolute atomic E-state index is 0.125. The number of rotatable bonds is 6. The normalized spacial score (nSPS) is 12.2. The SMILES string of the molecule is CCc1nnsc1C(=O)N(CC(=O)O)C(C)CC. The first-order valence-corrected chi connectivity index (χ1v) is 6.62. The summed E-state index contributed by atoms with van der Waals surface area (Å²) in [6, 6.07) is -0.125. The van der Waals surface area contributed by atoms with Crippen LogP contribution in [-0.2, 0) is 11.2 Å². The molecule has 0 radical (unpaired) electrons. The minimum Gasteiger partial charge on any atom is -0.480 e. The lowest BCUT2D eigenvalue weighted by Gasteiger charge is -2.26. The molecule has 7 heteroatoms. The molecule has 0 fully saturated rings. The first-order valence-electron chi connectivity index (χ1n) is 5.85. The van der Waals surface area contributed by atoms with Gasteiger partial charge in [0.15, 0.2) is 0 Å². The average molecular weight is 271 g/mol. The third kappa shape index (κ3) is 3.25. The molecule has 1 amide bonds. The highest BCUT2D eigenvalue weighted by molar-refractivity contribution is 7.08. The van der Waals surface area contributed by atoms with Crippen LogP contribution < -0.4 is 0 Å². The van der Waals surface area contributed by atoms with Crippen LogP contribution in [0.15, 0.2) is 0 Å². The Morgan fingerprint density at radius 2 is 2.11 bits per heavy atom. The zero-order valence-corrected chi connectivity index (χ0v) is 11.5. The predicted molar refractivity (Wildman–Crippen MR) is 67.7 cm³/mol. The number of hydrogen-bond acceptors (Lipinski definition) is 5. The zero-order valence-electron chi connectivity index (χ0n) is 10.7. The molecule has 1 rings (SSSR count). The van der Waals surface area contributed by atoms with Crippen molar-refractivity contribution < 1.29 is 14.7 Å². The molecule has 0 spiro atoms. The fourth-order valence-corrected chi connectivity index (χ4v) is 2.23. The molecule has 0 aromatic carbocycles. The van der Waals surface area contributed by atoms with E-state index in [4.69, 9.17) is 5.11 Å². The standard InChI is InChI=1S/C11H17N3O3S/c1-4-7(3)14(6-9(15)16)11(17)10-8(5-2)12-13-18-10/h7H,4-6H2,1-3H3,(H,15,16). The lowest BCUT2D eigenvalue weighted by atomic mass is 10.2. The van der Waals surface area contributed by atoms with Crippen molar-refractivity contribution in [3.05, 3.63) is 10.6 Å². The Labute approximate surface area is 110 Å². The van der Waals surface area contributed by atoms with Gasteiger partial charge in [0.25, 0.3) is 5.91 Å². The highest BCUT2D eigenvalue weighted by atomic mass is 32.1. The van der Waals surface area contributed by atoms with Gasteiger partial charge in [-0.2, -0.15) is 0 Å². The Balaban J connectivity index is 2.98. The number of carboxylic acid groups (broad SMARTS) is 1. The second-order valence-corrected chi connectivity index (χ2v) is 4.74. The number of carbonyl (C=O) groups is 2. The van der Waals surface area contributed by atoms with Crippen LogP contribution >= 0.6 is 11.5 Å². The van der Waals surface area contributed by atoms with Gasteiger partial charge in [-0.1, -0.05) is 18.3 Å². The van der Waals surface area contributed by atoms with E-state index in [1.165, 1.54) is 4.90 Å². The van der Waals surface area contributed by atoms with Crippen molar-refractivity contribution in [3.8, 4) is 0 Å². The van der Waals surface area contributed by atoms with Gasteiger partial charge in [0.2, 0.25) is 0 Å². The van der Waals surface area contributed by atoms with E-state index in [2.05, 4.69) is 9.59 Å². The van der Waals surface area contributed by atoms with Crippen LogP contribution in [0.3, 0.4) is 0 Å². The molecule has 6 nitrogen and oxygen atoms in total. The number of aryl methyl sites for hydroxylation is 1. The van der Waals surface area contributed by atoms with Crippen LogP contribution in [0.4, 0.5) is 0 Å². The number of hydrogen-bond donors (Lipinski definition) is 1. The second-order valence-electron chi connectivity index (χ2n) is 3.99. The van der Waals surface area contributed by atoms with Crippen molar-refractivity contribution in [1.29, 1.82) is 0 Å². The Morgan fingerprint density at radius 1 is 1.44 bits per heavy atom. The summed E-state index contributed by atoms with van der Waals surface area (Å²) in [5.41, 5.74) is 0.628. The number of carbonyl (C=O) groups excluding carboxylic acids is 1. The Kier molecular flexibility index (Phi) is 5.21. The molecule has 0 saturated heterocycles. The van der Waals surface area contributed by atoms with Crippen molar-refractivity contribution >= 4 is 23.4 Å². The lowest BCUT2D eigenvalue weighted by Crippen LogP contribution is -2.41. The molecule has 0 saturated carbocycles. The van der Waals surface area contributed by atoms with Crippen molar-refractivity contribution in [2.45, 2.75) is 39.7 Å². The summed E-state index contributed by atoms with van der Waals surface area (Å²) < 4.78 is 3.76. The lowest BCUT2D eigenvalue weighted by molar-refractivity contribution is -0.138. The summed E-state index contributed by atoms with van der Waals surface area (Å²) >= 11 is 1.02. The van der Waals surface area contributed by atoms with E-state index in [-0.39, 0.29) is 18.5 Å². The molecular formula is C11H17N3O3S. The van der Waals surface area contributed by atoms with Gasteiger partial charge < -0.3 is 10.0 Å². The molecule has 100 valence electrons. The maximum Gasteiger partial charge on any atom is 0.323 e. The fourth-order valence-electron chi connectivity index (χ4n) is 1.53. The quantitative estimate of drug-likeness (QED) is 0.846. The van der Waals surface area contributed by atoms with Crippen LogP contribution in [0.25, 0.3) is 0 Å². The summed E-state index contributed by atoms with van der Waals surface area (Å²) in [7, 11) is 0. The maximum atomic E-state index is 12.3. The van der Waals surface area contributed by atoms with Gasteiger partial charge in [0, 0.05) is 6.04 Å². The van der Waals surface area contributed by atoms with Crippen LogP contribution in [0.5, 0.6) is 0 Å². The fraction of sp³-hybridized carbons (Fsp3) is 0.636. The molecule has 0 aliphatic rings. The maximum absolute atomic E-state index is 12.3. The van der Waals surface area contributed by atoms with Crippen LogP contribution in [0, 0.1) is 0 Å². The zero-order chi connectivity index (χ0) is 13.7. The molecule has 0 aliphatic carbocycles. The van der Waals surface area contributed by atoms with E-state index in [1.54, 1.807) is 0 Å². The van der Waals surface area contributed by atoms with Crippen LogP contribution in [-0.4, -0.2) is 44.1 Å². The molecule has 1 N–H and O–H groups in total. The first kappa shape index (κ1) is 14.6. The van der Waals surface area contributed by atoms with Crippen LogP contribution in [0.2, 0.25) is 0 Å². The van der Waals surface area contributed by atoms with Crippen molar-refractivity contribution in [3.63, 3.8) is 0 Å². The van der Waals surface area contributed by atoms with Gasteiger partial charge in [-0.25, -0.2) is 0 Å². The van der Waals surface area contributed by atoms with Crippen molar-refractivity contribution in [1.82, 2.24) is 14.5 Å². The number of carboxylic acids is 1. The van der Waals surface area contributed by atoms with E-state index in [0.29, 0.717) is 23.4 Å². The molecule has 1 heterocycles. The summed E-state index contributed by atoms with van der Waals surface area (Å²) in [6.07, 6.45) is 1.31. The molecule has 18 heavy (non-hydrogen) atoms. The van der Waals surface area contributed by atoms with Crippen LogP contribution in [0.1, 0.15) is 42.6 Å². The van der Waals surface area contributed by atoms with Gasteiger partial charge in [-0.3, -0.25) is 9.59 Å². The summed E-state index contributed by atoms with van der Waals surface area (Å²) in [5, 5.41) is 12.8. The second kappa shape index (κ2) is 6.44. The highest BCUT2D eigenvalue weighted by Crippen LogP contribution is 2.17. The monoisotopic (exact) mass is 271 g/mol. The van der Waals surface area contributed by atoms with Gasteiger partial charge in [0.05, 0.1) is 5.69 Å². The summed E-state index contributed by atoms with van der Waals surface area (Å²) in [6.45, 7) is 5.34. The number of aromatic nitrogens is 2. The molecule has 1 atom stereocenters. The van der Waals surface area contributed by atoms with Gasteiger partial charge >= 0.3 is 5.97 Å². The topological polar surface area (TPSA) is 83.4 Å². The third-order valence-corrected chi connectivity index (χ3v) is 3.53. The van der Waals surface area contributed by atoms with E-state index in [9.17, 15) is 9.59 Å². The van der Waals surface area contributed by atoms with E-state index in [0.717, 1.165) is 11.5 Å². The number of nitrogens with zero attached hydrogens (tertiary/aromatic N) is 3. The number of amides is 1. The van der Waals surface area contributed by atoms with E-state index in [1.807, 2.05) is 20.8 Å². The van der Waals surface area contributed by atoms with Gasteiger partial charge in [-0.15, -0.1) is 5.10 Å². The van der Waals surface area contributed by atoms with Crippen molar-refractivity contribution in [2.24, 2.45) is 0 Å². The van der Waals surface area contributed by atoms with E-state index >= 15 is 0 Å². The van der Waals surface area contributed by atoms with Crippen molar-refractivity contribution in [2.75, 3.05) is 6.54 Å². The van der Waals surface area contributed by atoms with Gasteiger partial charge in [-0.05, 0) is 31.3 Å². The Hall–Kier alpha value is -1.50. The Morgan fingerprint density at radius 3 is 2.61 bits per heavy atom. The Bertz CT molecular complexity index is 433. The smallest absolute Gasteiger partial charge is 0.323 e. The molecule has 1 aromatic rings. The highest BCUT2D eigenvalue weighted by Gasteiger charge is 2.26. The predicted octanol–water partition coefficient (Wildman–Crippen LogP) is 1.43. The number of aliphatic carboxylic acids is 1. The minimum atomic E-state index is -1.01. The molecule has 1 aromatic heterocycles. The third-order valence-electron chi connectivity index (χ3n) is 2.77. The summed E-state index contributed by atoms with van der Waals surface area (Å²) in [4.78, 5) is 25.0. The van der Waals surface area contributed by atoms with Gasteiger partial charge in [0.1, 0.15) is 11.4 Å². The first-order chi connectivity index (χ1) is 8.51. The average Bonchev–Trinajstić information content (AvgIpc) is 2.82. The summed E-state index contributed by atoms with van der Waals surface area (Å²) in [5.74, 6) is -1.31. The van der Waals surface area contributed by atoms with E-state index < -0.39 is 5.97 Å². The molecule has 1 unspecified atom stereocenters. The molecule has 0 bridgehead atoms. The largest absolute Gasteiger partial charge is 0.480 e. The molecule has 0 aliphatic heterocycles. The molecular weight excluding hydrogens is 254 g/mol.